The van der Waals surface area contributed by atoms with Crippen molar-refractivity contribution in [2.24, 2.45) is 0 Å². The van der Waals surface area contributed by atoms with Gasteiger partial charge in [-0.3, -0.25) is 19.1 Å². The van der Waals surface area contributed by atoms with Crippen LogP contribution in [0.25, 0.3) is 10.2 Å². The fraction of sp³-hybridized carbons (Fsp3) is 0.316. The van der Waals surface area contributed by atoms with Crippen molar-refractivity contribution < 1.29 is 4.79 Å². The highest BCUT2D eigenvalue weighted by Gasteiger charge is 2.21. The van der Waals surface area contributed by atoms with Gasteiger partial charge in [-0.15, -0.1) is 11.3 Å². The molecule has 1 aromatic carbocycles. The Labute approximate surface area is 155 Å². The van der Waals surface area contributed by atoms with Crippen LogP contribution in [0.3, 0.4) is 0 Å². The fourth-order valence-corrected chi connectivity index (χ4v) is 3.97. The molecule has 3 heterocycles. The van der Waals surface area contributed by atoms with E-state index in [1.165, 1.54) is 27.8 Å². The lowest BCUT2D eigenvalue weighted by Crippen LogP contribution is -2.49. The number of hydrogen-bond acceptors (Lipinski definition) is 5. The molecule has 7 heteroatoms. The van der Waals surface area contributed by atoms with E-state index in [1.807, 2.05) is 28.5 Å². The van der Waals surface area contributed by atoms with Crippen LogP contribution >= 0.6 is 11.3 Å². The Morgan fingerprint density at radius 1 is 1.08 bits per heavy atom. The van der Waals surface area contributed by atoms with Crippen molar-refractivity contribution in [3.8, 4) is 0 Å². The monoisotopic (exact) mass is 368 g/mol. The molecule has 1 aliphatic heterocycles. The first-order chi connectivity index (χ1) is 12.7. The first kappa shape index (κ1) is 16.9. The average molecular weight is 368 g/mol. The number of piperazine rings is 1. The maximum absolute atomic E-state index is 12.6. The molecule has 0 aliphatic carbocycles. The predicted octanol–water partition coefficient (Wildman–Crippen LogP) is 1.80. The highest BCUT2D eigenvalue weighted by Crippen LogP contribution is 2.13. The van der Waals surface area contributed by atoms with Gasteiger partial charge in [-0.05, 0) is 17.0 Å². The summed E-state index contributed by atoms with van der Waals surface area (Å²) in [5.41, 5.74) is 1.14. The Kier molecular flexibility index (Phi) is 4.81. The summed E-state index contributed by atoms with van der Waals surface area (Å²) in [6.45, 7) is 4.02. The molecular formula is C19H20N4O2S. The summed E-state index contributed by atoms with van der Waals surface area (Å²) in [5.74, 6) is -0.0251. The van der Waals surface area contributed by atoms with Gasteiger partial charge in [0.05, 0.1) is 11.7 Å². The minimum absolute atomic E-state index is 0.0251. The molecule has 2 aromatic heterocycles. The van der Waals surface area contributed by atoms with Crippen LogP contribution in [0.15, 0.2) is 52.9 Å². The van der Waals surface area contributed by atoms with Crippen molar-refractivity contribution in [2.75, 3.05) is 26.2 Å². The van der Waals surface area contributed by atoms with Crippen LogP contribution < -0.4 is 5.56 Å². The first-order valence-electron chi connectivity index (χ1n) is 8.67. The van der Waals surface area contributed by atoms with Gasteiger partial charge in [0.2, 0.25) is 5.91 Å². The highest BCUT2D eigenvalue weighted by atomic mass is 32.1. The summed E-state index contributed by atoms with van der Waals surface area (Å²) in [7, 11) is 0. The van der Waals surface area contributed by atoms with E-state index in [9.17, 15) is 9.59 Å². The second kappa shape index (κ2) is 7.39. The third-order valence-corrected chi connectivity index (χ3v) is 5.55. The van der Waals surface area contributed by atoms with Crippen molar-refractivity contribution in [2.45, 2.75) is 13.1 Å². The number of rotatable bonds is 4. The second-order valence-electron chi connectivity index (χ2n) is 6.46. The van der Waals surface area contributed by atoms with Gasteiger partial charge in [0, 0.05) is 32.7 Å². The Balaban J connectivity index is 1.36. The summed E-state index contributed by atoms with van der Waals surface area (Å²) >= 11 is 1.43. The molecule has 6 nitrogen and oxygen atoms in total. The molecule has 1 amide bonds. The quantitative estimate of drug-likeness (QED) is 0.705. The molecule has 0 saturated carbocycles. The minimum Gasteiger partial charge on any atom is -0.339 e. The summed E-state index contributed by atoms with van der Waals surface area (Å²) in [5, 5.41) is 2.43. The Morgan fingerprint density at radius 3 is 2.62 bits per heavy atom. The zero-order valence-corrected chi connectivity index (χ0v) is 15.2. The number of aromatic nitrogens is 2. The van der Waals surface area contributed by atoms with Crippen LogP contribution in [-0.2, 0) is 17.9 Å². The van der Waals surface area contributed by atoms with Gasteiger partial charge in [-0.1, -0.05) is 30.3 Å². The van der Waals surface area contributed by atoms with Crippen LogP contribution in [0.5, 0.6) is 0 Å². The molecule has 1 saturated heterocycles. The fourth-order valence-electron chi connectivity index (χ4n) is 3.25. The first-order valence-corrected chi connectivity index (χ1v) is 9.55. The molecule has 0 radical (unpaired) electrons. The molecule has 26 heavy (non-hydrogen) atoms. The molecule has 1 aliphatic rings. The minimum atomic E-state index is -0.146. The molecule has 3 aromatic rings. The number of fused-ring (bicyclic) bond motifs is 1. The largest absolute Gasteiger partial charge is 0.339 e. The van der Waals surface area contributed by atoms with E-state index in [0.717, 1.165) is 19.6 Å². The standard InChI is InChI=1S/C19H20N4O2S/c24-17(13-23-14-20-18-16(19(23)25)6-11-26-18)22-9-7-21(8-10-22)12-15-4-2-1-3-5-15/h1-6,11,14H,7-10,12-13H2. The SMILES string of the molecule is O=C(Cn1cnc2sccc2c1=O)N1CCN(Cc2ccccc2)CC1. The van der Waals surface area contributed by atoms with Crippen molar-refractivity contribution in [3.63, 3.8) is 0 Å². The van der Waals surface area contributed by atoms with E-state index in [4.69, 9.17) is 0 Å². The van der Waals surface area contributed by atoms with Gasteiger partial charge in [-0.2, -0.15) is 0 Å². The summed E-state index contributed by atoms with van der Waals surface area (Å²) < 4.78 is 1.41. The summed E-state index contributed by atoms with van der Waals surface area (Å²) in [6.07, 6.45) is 1.48. The van der Waals surface area contributed by atoms with Crippen LogP contribution in [0.1, 0.15) is 5.56 Å². The third-order valence-electron chi connectivity index (χ3n) is 4.73. The number of carbonyl (C=O) groups is 1. The average Bonchev–Trinajstić information content (AvgIpc) is 3.15. The molecule has 0 N–H and O–H groups in total. The Bertz CT molecular complexity index is 958. The smallest absolute Gasteiger partial charge is 0.262 e. The molecule has 0 unspecified atom stereocenters. The number of benzene rings is 1. The number of hydrogen-bond donors (Lipinski definition) is 0. The van der Waals surface area contributed by atoms with Gasteiger partial charge in [0.1, 0.15) is 11.4 Å². The van der Waals surface area contributed by atoms with E-state index in [1.54, 1.807) is 6.07 Å². The van der Waals surface area contributed by atoms with E-state index in [-0.39, 0.29) is 18.0 Å². The Hall–Kier alpha value is -2.51. The zero-order chi connectivity index (χ0) is 17.9. The molecule has 0 spiro atoms. The van der Waals surface area contributed by atoms with E-state index < -0.39 is 0 Å². The maximum Gasteiger partial charge on any atom is 0.262 e. The number of nitrogens with zero attached hydrogens (tertiary/aromatic N) is 4. The van der Waals surface area contributed by atoms with Crippen molar-refractivity contribution in [3.05, 3.63) is 64.0 Å². The number of carbonyl (C=O) groups excluding carboxylic acids is 1. The predicted molar refractivity (Wildman–Crippen MR) is 102 cm³/mol. The van der Waals surface area contributed by atoms with Crippen LogP contribution in [0.4, 0.5) is 0 Å². The van der Waals surface area contributed by atoms with Crippen LogP contribution in [0.2, 0.25) is 0 Å². The van der Waals surface area contributed by atoms with Gasteiger partial charge in [-0.25, -0.2) is 4.98 Å². The van der Waals surface area contributed by atoms with E-state index in [0.29, 0.717) is 23.3 Å². The van der Waals surface area contributed by atoms with Crippen molar-refractivity contribution in [1.82, 2.24) is 19.4 Å². The highest BCUT2D eigenvalue weighted by molar-refractivity contribution is 7.16. The van der Waals surface area contributed by atoms with Crippen molar-refractivity contribution >= 4 is 27.5 Å². The van der Waals surface area contributed by atoms with Gasteiger partial charge < -0.3 is 4.90 Å². The third kappa shape index (κ3) is 3.54. The van der Waals surface area contributed by atoms with E-state index in [2.05, 4.69) is 22.0 Å². The van der Waals surface area contributed by atoms with Gasteiger partial charge in [0.15, 0.2) is 0 Å². The normalized spacial score (nSPS) is 15.5. The molecule has 134 valence electrons. The summed E-state index contributed by atoms with van der Waals surface area (Å²) in [4.78, 5) is 34.2. The molecule has 0 atom stereocenters. The molecular weight excluding hydrogens is 348 g/mol. The number of thiophene rings is 1. The van der Waals surface area contributed by atoms with Gasteiger partial charge in [0.25, 0.3) is 5.56 Å². The van der Waals surface area contributed by atoms with Gasteiger partial charge >= 0.3 is 0 Å². The van der Waals surface area contributed by atoms with Crippen LogP contribution in [0, 0.1) is 0 Å². The maximum atomic E-state index is 12.6. The number of amides is 1. The lowest BCUT2D eigenvalue weighted by Gasteiger charge is -2.34. The lowest BCUT2D eigenvalue weighted by molar-refractivity contribution is -0.133. The van der Waals surface area contributed by atoms with E-state index >= 15 is 0 Å². The van der Waals surface area contributed by atoms with Crippen LogP contribution in [-0.4, -0.2) is 51.4 Å². The van der Waals surface area contributed by atoms with Crippen molar-refractivity contribution in [1.29, 1.82) is 0 Å². The second-order valence-corrected chi connectivity index (χ2v) is 7.35. The zero-order valence-electron chi connectivity index (χ0n) is 14.4. The summed E-state index contributed by atoms with van der Waals surface area (Å²) in [6, 6.07) is 12.1. The molecule has 4 rings (SSSR count). The topological polar surface area (TPSA) is 58.4 Å². The molecule has 1 fully saturated rings. The Morgan fingerprint density at radius 2 is 1.85 bits per heavy atom. The molecule has 0 bridgehead atoms. The lowest BCUT2D eigenvalue weighted by atomic mass is 10.2.